The van der Waals surface area contributed by atoms with Crippen molar-refractivity contribution < 1.29 is 0 Å². The van der Waals surface area contributed by atoms with Crippen LogP contribution in [0, 0.1) is 0 Å². The molecule has 6 nitrogen and oxygen atoms in total. The first-order valence-electron chi connectivity index (χ1n) is 12.2. The minimum atomic E-state index is 0.481. The van der Waals surface area contributed by atoms with Crippen LogP contribution in [0.1, 0.15) is 84.0 Å². The predicted octanol–water partition coefficient (Wildman–Crippen LogP) is 4.85. The van der Waals surface area contributed by atoms with E-state index in [1.807, 2.05) is 0 Å². The lowest BCUT2D eigenvalue weighted by atomic mass is 9.96. The molecule has 0 amide bonds. The van der Waals surface area contributed by atoms with Gasteiger partial charge in [0.25, 0.3) is 0 Å². The number of anilines is 3. The van der Waals surface area contributed by atoms with E-state index in [2.05, 4.69) is 33.4 Å². The monoisotopic (exact) mass is 430 g/mol. The molecular weight excluding hydrogens is 392 g/mol. The summed E-state index contributed by atoms with van der Waals surface area (Å²) in [6.45, 7) is 5.55. The second-order valence-electron chi connectivity index (χ2n) is 9.28. The average Bonchev–Trinajstić information content (AvgIpc) is 3.04. The van der Waals surface area contributed by atoms with Crippen molar-refractivity contribution in [2.75, 3.05) is 34.8 Å². The Hall–Kier alpha value is -1.63. The maximum Gasteiger partial charge on any atom is 0.232 e. The zero-order valence-corrected chi connectivity index (χ0v) is 19.4. The lowest BCUT2D eigenvalue weighted by Crippen LogP contribution is -2.40. The van der Waals surface area contributed by atoms with Crippen molar-refractivity contribution in [3.63, 3.8) is 0 Å². The summed E-state index contributed by atoms with van der Waals surface area (Å²) in [4.78, 5) is 14.7. The smallest absolute Gasteiger partial charge is 0.232 e. The highest BCUT2D eigenvalue weighted by Crippen LogP contribution is 2.28. The molecular formula is C23H38N6S. The van der Waals surface area contributed by atoms with Gasteiger partial charge >= 0.3 is 0 Å². The normalized spacial score (nSPS) is 23.7. The molecule has 1 aromatic rings. The summed E-state index contributed by atoms with van der Waals surface area (Å²) in [5.74, 6) is 2.72. The zero-order chi connectivity index (χ0) is 20.8. The molecule has 2 N–H and O–H groups in total. The van der Waals surface area contributed by atoms with Gasteiger partial charge in [0.2, 0.25) is 5.95 Å². The maximum atomic E-state index is 5.63. The lowest BCUT2D eigenvalue weighted by molar-refractivity contribution is 0.414. The van der Waals surface area contributed by atoms with Gasteiger partial charge < -0.3 is 20.4 Å². The largest absolute Gasteiger partial charge is 0.360 e. The summed E-state index contributed by atoms with van der Waals surface area (Å²) in [7, 11) is 0. The molecule has 166 valence electrons. The number of hydrogen-bond donors (Lipinski definition) is 2. The Morgan fingerprint density at radius 1 is 0.867 bits per heavy atom. The molecule has 3 fully saturated rings. The van der Waals surface area contributed by atoms with Gasteiger partial charge in [0.15, 0.2) is 5.11 Å². The van der Waals surface area contributed by atoms with Gasteiger partial charge in [-0.1, -0.05) is 32.1 Å². The van der Waals surface area contributed by atoms with E-state index >= 15 is 0 Å². The van der Waals surface area contributed by atoms with Gasteiger partial charge in [-0.15, -0.1) is 0 Å². The number of hydrogen-bond acceptors (Lipinski definition) is 5. The van der Waals surface area contributed by atoms with Crippen molar-refractivity contribution in [3.8, 4) is 0 Å². The van der Waals surface area contributed by atoms with Crippen LogP contribution in [0.2, 0.25) is 0 Å². The summed E-state index contributed by atoms with van der Waals surface area (Å²) in [5, 5.41) is 7.48. The van der Waals surface area contributed by atoms with Gasteiger partial charge in [0, 0.05) is 37.8 Å². The molecule has 2 aliphatic heterocycles. The Morgan fingerprint density at radius 3 is 2.23 bits per heavy atom. The molecule has 0 aromatic carbocycles. The van der Waals surface area contributed by atoms with Crippen LogP contribution in [0.4, 0.5) is 17.6 Å². The molecule has 0 radical (unpaired) electrons. The van der Waals surface area contributed by atoms with Crippen LogP contribution in [-0.4, -0.2) is 46.8 Å². The number of rotatable bonds is 4. The summed E-state index contributed by atoms with van der Waals surface area (Å²) >= 11 is 5.63. The maximum absolute atomic E-state index is 5.63. The molecule has 1 aromatic heterocycles. The standard InChI is InChI=1S/C23H38N6S/c1-18-11-7-10-16-29(18)21-17-20(28-14-8-2-3-9-15-28)25-22(26-21)27-23(30)24-19-12-5-4-6-13-19/h17-19H,2-16H2,1H3,(H2,24,25,26,27,30)/t18-/m1/s1. The molecule has 0 unspecified atom stereocenters. The molecule has 0 bridgehead atoms. The number of piperidine rings is 1. The second-order valence-corrected chi connectivity index (χ2v) is 9.69. The van der Waals surface area contributed by atoms with E-state index in [4.69, 9.17) is 22.2 Å². The van der Waals surface area contributed by atoms with E-state index in [0.29, 0.717) is 23.1 Å². The Labute approximate surface area is 187 Å². The van der Waals surface area contributed by atoms with Gasteiger partial charge in [-0.25, -0.2) is 0 Å². The first kappa shape index (κ1) is 21.6. The third-order valence-electron chi connectivity index (χ3n) is 6.89. The van der Waals surface area contributed by atoms with Gasteiger partial charge in [0.1, 0.15) is 11.6 Å². The van der Waals surface area contributed by atoms with E-state index in [1.54, 1.807) is 0 Å². The second kappa shape index (κ2) is 10.6. The molecule has 7 heteroatoms. The van der Waals surface area contributed by atoms with Crippen LogP contribution in [-0.2, 0) is 0 Å². The number of aromatic nitrogens is 2. The van der Waals surface area contributed by atoms with Crippen molar-refractivity contribution in [1.29, 1.82) is 0 Å². The Morgan fingerprint density at radius 2 is 1.50 bits per heavy atom. The summed E-state index contributed by atoms with van der Waals surface area (Å²) in [5.41, 5.74) is 0. The predicted molar refractivity (Wildman–Crippen MR) is 130 cm³/mol. The van der Waals surface area contributed by atoms with Gasteiger partial charge in [0.05, 0.1) is 0 Å². The molecule has 3 aliphatic rings. The minimum absolute atomic E-state index is 0.481. The molecule has 1 atom stereocenters. The fraction of sp³-hybridized carbons (Fsp3) is 0.783. The average molecular weight is 431 g/mol. The van der Waals surface area contributed by atoms with E-state index in [-0.39, 0.29) is 0 Å². The number of nitrogens with zero attached hydrogens (tertiary/aromatic N) is 4. The third kappa shape index (κ3) is 5.74. The van der Waals surface area contributed by atoms with E-state index in [9.17, 15) is 0 Å². The van der Waals surface area contributed by atoms with Crippen molar-refractivity contribution in [2.45, 2.75) is 96.1 Å². The Kier molecular flexibility index (Phi) is 7.63. The highest BCUT2D eigenvalue weighted by atomic mass is 32.1. The summed E-state index contributed by atoms with van der Waals surface area (Å²) < 4.78 is 0. The van der Waals surface area contributed by atoms with Crippen LogP contribution in [0.15, 0.2) is 6.07 Å². The van der Waals surface area contributed by atoms with E-state index < -0.39 is 0 Å². The highest BCUT2D eigenvalue weighted by Gasteiger charge is 2.23. The molecule has 2 saturated heterocycles. The van der Waals surface area contributed by atoms with Gasteiger partial charge in [-0.05, 0) is 64.1 Å². The van der Waals surface area contributed by atoms with Crippen LogP contribution >= 0.6 is 12.2 Å². The Balaban J connectivity index is 1.53. The zero-order valence-electron chi connectivity index (χ0n) is 18.5. The SMILES string of the molecule is C[C@@H]1CCCCN1c1cc(N2CCCCCC2)nc(NC(=S)NC2CCCCC2)n1. The van der Waals surface area contributed by atoms with Crippen molar-refractivity contribution in [1.82, 2.24) is 15.3 Å². The van der Waals surface area contributed by atoms with E-state index in [1.165, 1.54) is 77.0 Å². The summed E-state index contributed by atoms with van der Waals surface area (Å²) in [6.07, 6.45) is 15.2. The third-order valence-corrected chi connectivity index (χ3v) is 7.11. The van der Waals surface area contributed by atoms with Crippen molar-refractivity contribution in [2.24, 2.45) is 0 Å². The first-order chi connectivity index (χ1) is 14.7. The van der Waals surface area contributed by atoms with Gasteiger partial charge in [-0.2, -0.15) is 9.97 Å². The quantitative estimate of drug-likeness (QED) is 0.662. The molecule has 4 rings (SSSR count). The fourth-order valence-electron chi connectivity index (χ4n) is 5.10. The van der Waals surface area contributed by atoms with Crippen molar-refractivity contribution in [3.05, 3.63) is 6.07 Å². The minimum Gasteiger partial charge on any atom is -0.360 e. The van der Waals surface area contributed by atoms with Gasteiger partial charge in [-0.3, -0.25) is 0 Å². The first-order valence-corrected chi connectivity index (χ1v) is 12.6. The molecule has 30 heavy (non-hydrogen) atoms. The molecule has 0 spiro atoms. The highest BCUT2D eigenvalue weighted by molar-refractivity contribution is 7.80. The number of thiocarbonyl (C=S) groups is 1. The van der Waals surface area contributed by atoms with Crippen LogP contribution in [0.5, 0.6) is 0 Å². The Bertz CT molecular complexity index is 697. The van der Waals surface area contributed by atoms with Crippen LogP contribution in [0.3, 0.4) is 0 Å². The fourth-order valence-corrected chi connectivity index (χ4v) is 5.35. The van der Waals surface area contributed by atoms with Crippen LogP contribution < -0.4 is 20.4 Å². The number of nitrogens with one attached hydrogen (secondary N) is 2. The molecule has 1 saturated carbocycles. The summed E-state index contributed by atoms with van der Waals surface area (Å²) in [6, 6.07) is 3.20. The molecule has 3 heterocycles. The van der Waals surface area contributed by atoms with E-state index in [0.717, 1.165) is 31.3 Å². The molecule has 1 aliphatic carbocycles. The topological polar surface area (TPSA) is 56.3 Å². The lowest BCUT2D eigenvalue weighted by Gasteiger charge is -2.35. The van der Waals surface area contributed by atoms with Crippen LogP contribution in [0.25, 0.3) is 0 Å². The van der Waals surface area contributed by atoms with Crippen molar-refractivity contribution >= 4 is 34.9 Å².